The lowest BCUT2D eigenvalue weighted by Crippen LogP contribution is -2.13. The molecule has 0 bridgehead atoms. The van der Waals surface area contributed by atoms with E-state index >= 15 is 0 Å². The van der Waals surface area contributed by atoms with Crippen LogP contribution in [0, 0.1) is 0 Å². The highest BCUT2D eigenvalue weighted by Crippen LogP contribution is 2.26. The number of fused-ring (bicyclic) bond motifs is 1. The Labute approximate surface area is 140 Å². The molecule has 0 amide bonds. The van der Waals surface area contributed by atoms with Gasteiger partial charge in [-0.25, -0.2) is 9.97 Å². The molecule has 3 aromatic heterocycles. The van der Waals surface area contributed by atoms with Crippen LogP contribution < -0.4 is 0 Å². The first-order chi connectivity index (χ1) is 11.5. The van der Waals surface area contributed by atoms with E-state index in [1.807, 2.05) is 30.1 Å². The molecule has 0 radical (unpaired) electrons. The molecular formula is C15H19N5O3S. The van der Waals surface area contributed by atoms with Crippen molar-refractivity contribution in [1.82, 2.24) is 24.7 Å². The standard InChI is InChI=1S/C15H19N5O3S/c1-3-12(5-7-23-24(2,21)22)20-9-11(8-19-20)14-13-4-6-16-15(13)18-10-17-14/h4,6,8-10,12H,3,5,7H2,1-2H3,(H,16,17,18). The van der Waals surface area contributed by atoms with E-state index in [-0.39, 0.29) is 12.6 Å². The van der Waals surface area contributed by atoms with E-state index in [1.54, 1.807) is 6.20 Å². The molecule has 3 rings (SSSR count). The molecule has 1 N–H and O–H groups in total. The quantitative estimate of drug-likeness (QED) is 0.656. The molecule has 0 fully saturated rings. The van der Waals surface area contributed by atoms with E-state index in [1.165, 1.54) is 6.33 Å². The minimum atomic E-state index is -3.42. The molecule has 3 heterocycles. The van der Waals surface area contributed by atoms with Gasteiger partial charge in [0.2, 0.25) is 0 Å². The lowest BCUT2D eigenvalue weighted by Gasteiger charge is -2.15. The minimum Gasteiger partial charge on any atom is -0.346 e. The van der Waals surface area contributed by atoms with Crippen molar-refractivity contribution in [2.24, 2.45) is 0 Å². The minimum absolute atomic E-state index is 0.0593. The number of nitrogens with one attached hydrogen (secondary N) is 1. The van der Waals surface area contributed by atoms with Crippen LogP contribution in [0.25, 0.3) is 22.3 Å². The Balaban J connectivity index is 1.80. The smallest absolute Gasteiger partial charge is 0.264 e. The van der Waals surface area contributed by atoms with E-state index < -0.39 is 10.1 Å². The molecule has 0 aliphatic rings. The molecule has 0 saturated heterocycles. The van der Waals surface area contributed by atoms with Gasteiger partial charge in [0.1, 0.15) is 12.0 Å². The second-order valence-electron chi connectivity index (χ2n) is 5.55. The Morgan fingerprint density at radius 2 is 2.21 bits per heavy atom. The van der Waals surface area contributed by atoms with Crippen LogP contribution in [0.2, 0.25) is 0 Å². The summed E-state index contributed by atoms with van der Waals surface area (Å²) in [5.74, 6) is 0. The summed E-state index contributed by atoms with van der Waals surface area (Å²) >= 11 is 0. The molecule has 8 nitrogen and oxygen atoms in total. The maximum Gasteiger partial charge on any atom is 0.264 e. The number of hydrogen-bond donors (Lipinski definition) is 1. The molecule has 1 atom stereocenters. The van der Waals surface area contributed by atoms with Gasteiger partial charge in [-0.15, -0.1) is 0 Å². The summed E-state index contributed by atoms with van der Waals surface area (Å²) in [7, 11) is -3.42. The van der Waals surface area contributed by atoms with Crippen LogP contribution in [0.15, 0.2) is 31.0 Å². The molecule has 3 aromatic rings. The molecule has 9 heteroatoms. The van der Waals surface area contributed by atoms with Gasteiger partial charge < -0.3 is 4.98 Å². The SMILES string of the molecule is CCC(CCOS(C)(=O)=O)n1cc(-c2ncnc3[nH]ccc23)cn1. The Bertz CT molecular complexity index is 931. The fourth-order valence-corrected chi connectivity index (χ4v) is 3.02. The van der Waals surface area contributed by atoms with Crippen LogP contribution in [0.4, 0.5) is 0 Å². The number of aromatic nitrogens is 5. The summed E-state index contributed by atoms with van der Waals surface area (Å²) in [6.45, 7) is 2.17. The van der Waals surface area contributed by atoms with Gasteiger partial charge in [-0.3, -0.25) is 8.86 Å². The number of rotatable bonds is 7. The largest absolute Gasteiger partial charge is 0.346 e. The van der Waals surface area contributed by atoms with E-state index in [4.69, 9.17) is 4.18 Å². The molecule has 0 aliphatic heterocycles. The van der Waals surface area contributed by atoms with Crippen molar-refractivity contribution in [1.29, 1.82) is 0 Å². The fourth-order valence-electron chi connectivity index (χ4n) is 2.62. The number of H-pyrrole nitrogens is 1. The van der Waals surface area contributed by atoms with Crippen molar-refractivity contribution >= 4 is 21.2 Å². The zero-order valence-corrected chi connectivity index (χ0v) is 14.3. The van der Waals surface area contributed by atoms with Crippen molar-refractivity contribution in [3.8, 4) is 11.3 Å². The van der Waals surface area contributed by atoms with Crippen molar-refractivity contribution in [3.63, 3.8) is 0 Å². The van der Waals surface area contributed by atoms with Gasteiger partial charge in [0, 0.05) is 23.3 Å². The van der Waals surface area contributed by atoms with Crippen LogP contribution in [0.1, 0.15) is 25.8 Å². The summed E-state index contributed by atoms with van der Waals surface area (Å²) in [5.41, 5.74) is 2.49. The highest BCUT2D eigenvalue weighted by atomic mass is 32.2. The summed E-state index contributed by atoms with van der Waals surface area (Å²) in [4.78, 5) is 11.6. The second kappa shape index (κ2) is 6.70. The third-order valence-electron chi connectivity index (χ3n) is 3.82. The lowest BCUT2D eigenvalue weighted by molar-refractivity contribution is 0.273. The average molecular weight is 349 g/mol. The van der Waals surface area contributed by atoms with E-state index in [0.29, 0.717) is 6.42 Å². The lowest BCUT2D eigenvalue weighted by atomic mass is 10.1. The zero-order chi connectivity index (χ0) is 17.2. The molecule has 0 aromatic carbocycles. The predicted molar refractivity (Wildman–Crippen MR) is 89.9 cm³/mol. The number of aromatic amines is 1. The Hall–Kier alpha value is -2.26. The predicted octanol–water partition coefficient (Wildman–Crippen LogP) is 2.14. The topological polar surface area (TPSA) is 103 Å². The summed E-state index contributed by atoms with van der Waals surface area (Å²) in [6.07, 6.45) is 9.45. The number of nitrogens with zero attached hydrogens (tertiary/aromatic N) is 4. The van der Waals surface area contributed by atoms with Crippen LogP contribution in [-0.4, -0.2) is 46.0 Å². The monoisotopic (exact) mass is 349 g/mol. The summed E-state index contributed by atoms with van der Waals surface area (Å²) in [5, 5.41) is 5.35. The first-order valence-electron chi connectivity index (χ1n) is 7.65. The molecule has 1 unspecified atom stereocenters. The Morgan fingerprint density at radius 3 is 2.96 bits per heavy atom. The zero-order valence-electron chi connectivity index (χ0n) is 13.5. The van der Waals surface area contributed by atoms with Gasteiger partial charge in [0.05, 0.1) is 30.8 Å². The molecule has 0 spiro atoms. The van der Waals surface area contributed by atoms with Crippen LogP contribution in [0.3, 0.4) is 0 Å². The highest BCUT2D eigenvalue weighted by Gasteiger charge is 2.15. The average Bonchev–Trinajstić information content (AvgIpc) is 3.19. The van der Waals surface area contributed by atoms with Crippen molar-refractivity contribution in [2.45, 2.75) is 25.8 Å². The third-order valence-corrected chi connectivity index (χ3v) is 4.42. The van der Waals surface area contributed by atoms with Crippen LogP contribution >= 0.6 is 0 Å². The molecule has 128 valence electrons. The first kappa shape index (κ1) is 16.6. The van der Waals surface area contributed by atoms with Crippen molar-refractivity contribution < 1.29 is 12.6 Å². The Morgan fingerprint density at radius 1 is 1.38 bits per heavy atom. The molecule has 0 saturated carbocycles. The molecule has 24 heavy (non-hydrogen) atoms. The molecule has 0 aliphatic carbocycles. The highest BCUT2D eigenvalue weighted by molar-refractivity contribution is 7.85. The summed E-state index contributed by atoms with van der Waals surface area (Å²) < 4.78 is 28.8. The van der Waals surface area contributed by atoms with Gasteiger partial charge in [-0.05, 0) is 18.9 Å². The van der Waals surface area contributed by atoms with Gasteiger partial charge in [-0.1, -0.05) is 6.92 Å². The maximum absolute atomic E-state index is 11.1. The van der Waals surface area contributed by atoms with Crippen molar-refractivity contribution in [3.05, 3.63) is 31.0 Å². The van der Waals surface area contributed by atoms with Gasteiger partial charge in [0.25, 0.3) is 10.1 Å². The van der Waals surface area contributed by atoms with Crippen LogP contribution in [-0.2, 0) is 14.3 Å². The normalized spacial score (nSPS) is 13.4. The van der Waals surface area contributed by atoms with Crippen molar-refractivity contribution in [2.75, 3.05) is 12.9 Å². The summed E-state index contributed by atoms with van der Waals surface area (Å²) in [6, 6.07) is 1.99. The van der Waals surface area contributed by atoms with Gasteiger partial charge >= 0.3 is 0 Å². The number of hydrogen-bond acceptors (Lipinski definition) is 6. The Kier molecular flexibility index (Phi) is 4.63. The maximum atomic E-state index is 11.1. The first-order valence-corrected chi connectivity index (χ1v) is 9.46. The van der Waals surface area contributed by atoms with Gasteiger partial charge in [0.15, 0.2) is 0 Å². The fraction of sp³-hybridized carbons (Fsp3) is 0.400. The van der Waals surface area contributed by atoms with Gasteiger partial charge in [-0.2, -0.15) is 13.5 Å². The van der Waals surface area contributed by atoms with E-state index in [9.17, 15) is 8.42 Å². The van der Waals surface area contributed by atoms with Crippen LogP contribution in [0.5, 0.6) is 0 Å². The second-order valence-corrected chi connectivity index (χ2v) is 7.19. The molecular weight excluding hydrogens is 330 g/mol. The van der Waals surface area contributed by atoms with E-state index in [2.05, 4.69) is 20.1 Å². The third kappa shape index (κ3) is 3.62. The van der Waals surface area contributed by atoms with E-state index in [0.717, 1.165) is 35.0 Å².